The Morgan fingerprint density at radius 2 is 1.89 bits per heavy atom. The summed E-state index contributed by atoms with van der Waals surface area (Å²) in [6.07, 6.45) is -5.72. The van der Waals surface area contributed by atoms with Gasteiger partial charge in [0, 0.05) is 0 Å². The molecule has 1 aliphatic heterocycles. The summed E-state index contributed by atoms with van der Waals surface area (Å²) in [6, 6.07) is 9.65. The second-order valence-corrected chi connectivity index (χ2v) is 6.24. The molecule has 1 atom stereocenters. The zero-order valence-corrected chi connectivity index (χ0v) is 14.8. The minimum Gasteiger partial charge on any atom is -0.478 e. The summed E-state index contributed by atoms with van der Waals surface area (Å²) in [5.74, 6) is -1.46. The molecule has 4 nitrogen and oxygen atoms in total. The van der Waals surface area contributed by atoms with Crippen molar-refractivity contribution in [3.8, 4) is 17.2 Å². The molecule has 2 aromatic carbocycles. The van der Waals surface area contributed by atoms with Crippen LogP contribution in [0.1, 0.15) is 18.1 Å². The van der Waals surface area contributed by atoms with E-state index in [1.54, 1.807) is 12.1 Å². The molecule has 0 spiro atoms. The van der Waals surface area contributed by atoms with Crippen LogP contribution >= 0.6 is 11.6 Å². The highest BCUT2D eigenvalue weighted by Gasteiger charge is 2.48. The number of halogens is 4. The van der Waals surface area contributed by atoms with E-state index in [0.717, 1.165) is 18.1 Å². The molecule has 1 aliphatic rings. The number of fused-ring (bicyclic) bond motifs is 1. The van der Waals surface area contributed by atoms with Crippen LogP contribution in [0.25, 0.3) is 6.08 Å². The van der Waals surface area contributed by atoms with Crippen molar-refractivity contribution in [1.82, 2.24) is 0 Å². The van der Waals surface area contributed by atoms with E-state index in [0.29, 0.717) is 5.75 Å². The van der Waals surface area contributed by atoms with Crippen LogP contribution in [0.4, 0.5) is 13.2 Å². The fourth-order valence-electron chi connectivity index (χ4n) is 2.65. The first-order valence-electron chi connectivity index (χ1n) is 7.98. The van der Waals surface area contributed by atoms with Crippen LogP contribution in [-0.2, 0) is 11.2 Å². The van der Waals surface area contributed by atoms with Crippen molar-refractivity contribution in [3.63, 3.8) is 0 Å². The number of hydrogen-bond donors (Lipinski definition) is 1. The number of carbonyl (C=O) groups is 1. The second kappa shape index (κ2) is 7.15. The van der Waals surface area contributed by atoms with Gasteiger partial charge in [0.1, 0.15) is 11.5 Å². The first-order valence-corrected chi connectivity index (χ1v) is 8.36. The van der Waals surface area contributed by atoms with Crippen LogP contribution in [0.5, 0.6) is 17.2 Å². The molecule has 0 fully saturated rings. The standard InChI is InChI=1S/C19H14ClF3O4/c1-2-10-3-5-11(6-4-10)26-16-12-9-13(18(24)25)17(19(21,22)23)27-15(12)8-7-14(16)20/h3-9,17H,2H2,1H3,(H,24,25). The maximum Gasteiger partial charge on any atom is 0.430 e. The van der Waals surface area contributed by atoms with Crippen LogP contribution in [0.3, 0.4) is 0 Å². The van der Waals surface area contributed by atoms with Gasteiger partial charge in [-0.05, 0) is 42.3 Å². The number of benzene rings is 2. The lowest BCUT2D eigenvalue weighted by Gasteiger charge is -2.28. The Hall–Kier alpha value is -2.67. The summed E-state index contributed by atoms with van der Waals surface area (Å²) in [5.41, 5.74) is 0.177. The van der Waals surface area contributed by atoms with E-state index < -0.39 is 23.8 Å². The smallest absolute Gasteiger partial charge is 0.430 e. The van der Waals surface area contributed by atoms with E-state index in [-0.39, 0.29) is 22.1 Å². The Bertz CT molecular complexity index is 904. The largest absolute Gasteiger partial charge is 0.478 e. The van der Waals surface area contributed by atoms with Gasteiger partial charge in [-0.2, -0.15) is 13.2 Å². The first-order chi connectivity index (χ1) is 12.7. The average Bonchev–Trinajstić information content (AvgIpc) is 2.62. The van der Waals surface area contributed by atoms with Crippen molar-refractivity contribution in [1.29, 1.82) is 0 Å². The van der Waals surface area contributed by atoms with Gasteiger partial charge >= 0.3 is 12.1 Å². The van der Waals surface area contributed by atoms with E-state index >= 15 is 0 Å². The second-order valence-electron chi connectivity index (χ2n) is 5.83. The summed E-state index contributed by atoms with van der Waals surface area (Å²) >= 11 is 6.14. The van der Waals surface area contributed by atoms with Crippen molar-refractivity contribution in [3.05, 3.63) is 58.1 Å². The summed E-state index contributed by atoms with van der Waals surface area (Å²) in [7, 11) is 0. The molecule has 8 heteroatoms. The lowest BCUT2D eigenvalue weighted by Crippen LogP contribution is -2.40. The molecular weight excluding hydrogens is 385 g/mol. The fraction of sp³-hybridized carbons (Fsp3) is 0.211. The van der Waals surface area contributed by atoms with E-state index in [9.17, 15) is 23.1 Å². The highest BCUT2D eigenvalue weighted by molar-refractivity contribution is 6.32. The number of rotatable bonds is 4. The minimum atomic E-state index is -4.88. The van der Waals surface area contributed by atoms with Crippen molar-refractivity contribution in [2.75, 3.05) is 0 Å². The third kappa shape index (κ3) is 3.88. The first kappa shape index (κ1) is 19.1. The van der Waals surface area contributed by atoms with Crippen LogP contribution in [0, 0.1) is 0 Å². The lowest BCUT2D eigenvalue weighted by molar-refractivity contribution is -0.187. The molecule has 0 saturated carbocycles. The fourth-order valence-corrected chi connectivity index (χ4v) is 2.85. The van der Waals surface area contributed by atoms with Crippen LogP contribution in [0.2, 0.25) is 5.02 Å². The summed E-state index contributed by atoms with van der Waals surface area (Å²) in [4.78, 5) is 11.3. The van der Waals surface area contributed by atoms with E-state index in [4.69, 9.17) is 21.1 Å². The highest BCUT2D eigenvalue weighted by atomic mass is 35.5. The third-order valence-electron chi connectivity index (χ3n) is 4.03. The summed E-state index contributed by atoms with van der Waals surface area (Å²) < 4.78 is 50.1. The van der Waals surface area contributed by atoms with Gasteiger partial charge in [-0.1, -0.05) is 30.7 Å². The van der Waals surface area contributed by atoms with Gasteiger partial charge in [-0.15, -0.1) is 0 Å². The number of hydrogen-bond acceptors (Lipinski definition) is 3. The van der Waals surface area contributed by atoms with Gasteiger partial charge in [0.25, 0.3) is 0 Å². The average molecular weight is 399 g/mol. The summed E-state index contributed by atoms with van der Waals surface area (Å²) in [6.45, 7) is 1.99. The van der Waals surface area contributed by atoms with E-state index in [1.807, 2.05) is 19.1 Å². The molecule has 2 aromatic rings. The Morgan fingerprint density at radius 3 is 2.44 bits per heavy atom. The third-order valence-corrected chi connectivity index (χ3v) is 4.33. The van der Waals surface area contributed by atoms with Gasteiger partial charge in [0.2, 0.25) is 6.10 Å². The molecule has 0 aliphatic carbocycles. The maximum absolute atomic E-state index is 13.2. The zero-order valence-electron chi connectivity index (χ0n) is 14.0. The Morgan fingerprint density at radius 1 is 1.22 bits per heavy atom. The normalized spacial score (nSPS) is 16.2. The number of ether oxygens (including phenoxy) is 2. The number of aryl methyl sites for hydroxylation is 1. The minimum absolute atomic E-state index is 0.0257. The monoisotopic (exact) mass is 398 g/mol. The zero-order chi connectivity index (χ0) is 19.8. The predicted molar refractivity (Wildman–Crippen MR) is 93.4 cm³/mol. The van der Waals surface area contributed by atoms with E-state index in [1.165, 1.54) is 12.1 Å². The molecule has 0 bridgehead atoms. The topological polar surface area (TPSA) is 55.8 Å². The van der Waals surface area contributed by atoms with Crippen molar-refractivity contribution >= 4 is 23.6 Å². The van der Waals surface area contributed by atoms with Crippen LogP contribution in [-0.4, -0.2) is 23.4 Å². The number of alkyl halides is 3. The number of aliphatic carboxylic acids is 1. The molecule has 0 amide bonds. The van der Waals surface area contributed by atoms with Crippen LogP contribution in [0.15, 0.2) is 42.0 Å². The Labute approximate surface area is 157 Å². The molecule has 0 radical (unpaired) electrons. The van der Waals surface area contributed by atoms with Gasteiger partial charge < -0.3 is 14.6 Å². The molecule has 1 N–H and O–H groups in total. The Balaban J connectivity index is 2.06. The molecule has 0 saturated heterocycles. The Kier molecular flexibility index (Phi) is 5.06. The maximum atomic E-state index is 13.2. The molecule has 3 rings (SSSR count). The number of carboxylic acids is 1. The lowest BCUT2D eigenvalue weighted by atomic mass is 10.0. The summed E-state index contributed by atoms with van der Waals surface area (Å²) in [5, 5.41) is 9.30. The van der Waals surface area contributed by atoms with Gasteiger partial charge in [0.05, 0.1) is 16.2 Å². The SMILES string of the molecule is CCc1ccc(Oc2c(Cl)ccc3c2C=C(C(=O)O)C(C(F)(F)F)O3)cc1. The molecular formula is C19H14ClF3O4. The predicted octanol–water partition coefficient (Wildman–Crippen LogP) is 5.49. The molecule has 1 heterocycles. The van der Waals surface area contributed by atoms with Gasteiger partial charge in [-0.3, -0.25) is 0 Å². The van der Waals surface area contributed by atoms with Gasteiger partial charge in [-0.25, -0.2) is 4.79 Å². The van der Waals surface area contributed by atoms with Crippen LogP contribution < -0.4 is 9.47 Å². The quantitative estimate of drug-likeness (QED) is 0.740. The van der Waals surface area contributed by atoms with E-state index in [2.05, 4.69) is 0 Å². The van der Waals surface area contributed by atoms with Gasteiger partial charge in [0.15, 0.2) is 5.75 Å². The van der Waals surface area contributed by atoms with Crippen molar-refractivity contribution in [2.24, 2.45) is 0 Å². The molecule has 0 aromatic heterocycles. The highest BCUT2D eigenvalue weighted by Crippen LogP contribution is 2.45. The van der Waals surface area contributed by atoms with Crippen molar-refractivity contribution in [2.45, 2.75) is 25.6 Å². The molecule has 142 valence electrons. The molecule has 27 heavy (non-hydrogen) atoms. The molecule has 1 unspecified atom stereocenters. The van der Waals surface area contributed by atoms with Crippen molar-refractivity contribution < 1.29 is 32.5 Å². The number of carboxylic acid groups (broad SMARTS) is 1.